The second-order valence-corrected chi connectivity index (χ2v) is 15.0. The number of carbonyl (C=O) groups excluding carboxylic acids is 1. The summed E-state index contributed by atoms with van der Waals surface area (Å²) in [6.07, 6.45) is 1.85. The van der Waals surface area contributed by atoms with E-state index in [1.807, 2.05) is 66.5 Å². The lowest BCUT2D eigenvalue weighted by Crippen LogP contribution is -3.65. The fraction of sp³-hybridized carbons (Fsp3) is 0.0333. The lowest BCUT2D eigenvalue weighted by Gasteiger charge is -2.27. The van der Waals surface area contributed by atoms with E-state index in [0.29, 0.717) is 0 Å². The predicted octanol–water partition coefficient (Wildman–Crippen LogP) is 1.69. The third kappa shape index (κ3) is 4.56. The van der Waals surface area contributed by atoms with Gasteiger partial charge in [0.25, 0.3) is 0 Å². The van der Waals surface area contributed by atoms with Crippen LogP contribution in [-0.4, -0.2) is 18.9 Å². The first-order valence-electron chi connectivity index (χ1n) is 11.4. The highest BCUT2D eigenvalue weighted by atomic mass is 127. The van der Waals surface area contributed by atoms with Crippen LogP contribution in [0.15, 0.2) is 134 Å². The number of hydrogen-bond acceptors (Lipinski definition) is 2. The number of carbonyl (C=O) groups is 1. The average Bonchev–Trinajstić information content (AvgIpc) is 3.36. The molecule has 0 N–H and O–H groups in total. The maximum Gasteiger partial charge on any atom is 0.363 e. The molecule has 4 aromatic carbocycles. The van der Waals surface area contributed by atoms with Crippen molar-refractivity contribution < 1.29 is 26.0 Å². The van der Waals surface area contributed by atoms with Crippen LogP contribution in [0.4, 0.5) is 0 Å². The van der Waals surface area contributed by atoms with Gasteiger partial charge in [-0.2, -0.15) is 5.10 Å². The summed E-state index contributed by atoms with van der Waals surface area (Å²) in [7, 11) is 1.99. The van der Waals surface area contributed by atoms with Gasteiger partial charge in [-0.05, 0) is 28.8 Å². The molecule has 1 aromatic heterocycles. The third-order valence-electron chi connectivity index (χ3n) is 5.88. The van der Waals surface area contributed by atoms with Gasteiger partial charge in [0.15, 0.2) is 3.57 Å². The lowest BCUT2D eigenvalue weighted by molar-refractivity contribution is -0.500. The van der Waals surface area contributed by atoms with Crippen molar-refractivity contribution in [2.75, 3.05) is 0 Å². The molecular formula is C30H25IN2OP+. The van der Waals surface area contributed by atoms with Gasteiger partial charge in [-0.15, -0.1) is 0 Å². The maximum absolute atomic E-state index is 14.5. The van der Waals surface area contributed by atoms with Crippen LogP contribution in [0, 0.1) is 3.57 Å². The number of halogens is 1. The smallest absolute Gasteiger partial charge is 0.284 e. The molecule has 1 heterocycles. The van der Waals surface area contributed by atoms with Gasteiger partial charge in [-0.25, -0.2) is 0 Å². The number of nitrogens with zero attached hydrogens (tertiary/aromatic N) is 2. The van der Waals surface area contributed by atoms with Crippen LogP contribution in [0.1, 0.15) is 10.4 Å². The van der Waals surface area contributed by atoms with Gasteiger partial charge in [-0.3, -0.25) is 9.48 Å². The number of aromatic nitrogens is 2. The van der Waals surface area contributed by atoms with Gasteiger partial charge in [0.05, 0.1) is 12.3 Å². The molecule has 0 spiro atoms. The Kier molecular flexibility index (Phi) is 7.12. The van der Waals surface area contributed by atoms with Crippen LogP contribution >= 0.6 is 6.89 Å². The molecule has 5 aromatic rings. The molecule has 0 aliphatic heterocycles. The zero-order valence-corrected chi connectivity index (χ0v) is 22.4. The monoisotopic (exact) mass is 587 g/mol. The number of aryl methyl sites for hydroxylation is 1. The number of rotatable bonds is 7. The molecule has 0 aliphatic rings. The second kappa shape index (κ2) is 10.6. The highest BCUT2D eigenvalue weighted by molar-refractivity contribution is 7.96. The molecule has 0 amide bonds. The minimum absolute atomic E-state index is 0.129. The van der Waals surface area contributed by atoms with Crippen LogP contribution < -0.4 is 37.2 Å². The first-order chi connectivity index (χ1) is 17.2. The Morgan fingerprint density at radius 3 is 1.66 bits per heavy atom. The van der Waals surface area contributed by atoms with Crippen molar-refractivity contribution in [3.05, 3.63) is 143 Å². The Morgan fingerprint density at radius 2 is 1.17 bits per heavy atom. The van der Waals surface area contributed by atoms with E-state index in [-0.39, 0.29) is 5.78 Å². The molecule has 0 bridgehead atoms. The van der Waals surface area contributed by atoms with Gasteiger partial charge >= 0.3 is 21.2 Å². The van der Waals surface area contributed by atoms with Crippen LogP contribution in [0.2, 0.25) is 0 Å². The molecule has 0 fully saturated rings. The lowest BCUT2D eigenvalue weighted by atomic mass is 10.2. The zero-order chi connectivity index (χ0) is 24.1. The van der Waals surface area contributed by atoms with E-state index < -0.39 is 28.1 Å². The molecule has 35 heavy (non-hydrogen) atoms. The second-order valence-electron chi connectivity index (χ2n) is 8.03. The van der Waals surface area contributed by atoms with Gasteiger partial charge in [-0.1, -0.05) is 109 Å². The van der Waals surface area contributed by atoms with E-state index in [0.717, 1.165) is 14.3 Å². The summed E-state index contributed by atoms with van der Waals surface area (Å²) >= 11 is -0.791. The number of Topliss-reactive ketones (excluding diaryl/α,β-unsaturated/α-hetero) is 1. The minimum Gasteiger partial charge on any atom is -0.284 e. The Balaban J connectivity index is 1.98. The summed E-state index contributed by atoms with van der Waals surface area (Å²) in [4.78, 5) is 14.5. The third-order valence-corrected chi connectivity index (χ3v) is 15.0. The number of hydrogen-bond donors (Lipinski definition) is 0. The molecule has 172 valence electrons. The highest BCUT2D eigenvalue weighted by Gasteiger charge is 2.43. The summed E-state index contributed by atoms with van der Waals surface area (Å²) in [5.74, 6) is 0.129. The van der Waals surface area contributed by atoms with Crippen molar-refractivity contribution in [3.63, 3.8) is 0 Å². The SMILES string of the molecule is Cn1nccc1P(=C([I+]c1ccccc1)C(=O)c1ccccc1)(c1ccccc1)c1ccccc1. The Bertz CT molecular complexity index is 1440. The molecule has 5 rings (SSSR count). The van der Waals surface area contributed by atoms with Crippen LogP contribution in [0.3, 0.4) is 0 Å². The summed E-state index contributed by atoms with van der Waals surface area (Å²) in [6, 6.07) is 43.4. The van der Waals surface area contributed by atoms with E-state index in [1.165, 1.54) is 14.2 Å². The van der Waals surface area contributed by atoms with Gasteiger partial charge < -0.3 is 0 Å². The fourth-order valence-electron chi connectivity index (χ4n) is 4.29. The van der Waals surface area contributed by atoms with Crippen molar-refractivity contribution in [2.24, 2.45) is 7.05 Å². The number of ketones is 1. The molecule has 5 heteroatoms. The van der Waals surface area contributed by atoms with Crippen LogP contribution in [0.25, 0.3) is 0 Å². The maximum atomic E-state index is 14.5. The summed E-state index contributed by atoms with van der Waals surface area (Å²) in [5, 5.41) is 6.93. The Hall–Kier alpha value is -3.21. The molecule has 0 saturated carbocycles. The average molecular weight is 587 g/mol. The van der Waals surface area contributed by atoms with E-state index in [2.05, 4.69) is 84.0 Å². The Labute approximate surface area is 216 Å². The first-order valence-corrected chi connectivity index (χ1v) is 15.3. The van der Waals surface area contributed by atoms with Crippen molar-refractivity contribution in [3.8, 4) is 0 Å². The molecule has 3 nitrogen and oxygen atoms in total. The van der Waals surface area contributed by atoms with Crippen molar-refractivity contribution >= 4 is 32.0 Å². The van der Waals surface area contributed by atoms with Gasteiger partial charge in [0.1, 0.15) is 0 Å². The van der Waals surface area contributed by atoms with Crippen LogP contribution in [0.5, 0.6) is 0 Å². The van der Waals surface area contributed by atoms with Crippen molar-refractivity contribution in [1.29, 1.82) is 0 Å². The Morgan fingerprint density at radius 1 is 0.686 bits per heavy atom. The zero-order valence-electron chi connectivity index (χ0n) is 19.3. The summed E-state index contributed by atoms with van der Waals surface area (Å²) in [6.45, 7) is -2.52. The van der Waals surface area contributed by atoms with Gasteiger partial charge in [0, 0.05) is 18.8 Å². The summed E-state index contributed by atoms with van der Waals surface area (Å²) < 4.78 is 4.19. The predicted molar refractivity (Wildman–Crippen MR) is 143 cm³/mol. The van der Waals surface area contributed by atoms with Crippen molar-refractivity contribution in [1.82, 2.24) is 9.78 Å². The molecule has 0 radical (unpaired) electrons. The largest absolute Gasteiger partial charge is 0.363 e. The molecule has 0 saturated heterocycles. The minimum atomic E-state index is -2.52. The molecule has 0 unspecified atom stereocenters. The van der Waals surface area contributed by atoms with E-state index in [4.69, 9.17) is 0 Å². The van der Waals surface area contributed by atoms with E-state index in [1.54, 1.807) is 0 Å². The molecule has 0 atom stereocenters. The first kappa shape index (κ1) is 23.5. The van der Waals surface area contributed by atoms with E-state index >= 15 is 0 Å². The fourth-order valence-corrected chi connectivity index (χ4v) is 14.4. The quantitative estimate of drug-likeness (QED) is 0.165. The van der Waals surface area contributed by atoms with Crippen LogP contribution in [-0.2, 0) is 7.05 Å². The van der Waals surface area contributed by atoms with E-state index in [9.17, 15) is 4.79 Å². The molecule has 0 aliphatic carbocycles. The topological polar surface area (TPSA) is 34.9 Å². The standard InChI is InChI=1S/C30H25IN2OP/c1-33-28(22-23-32-33)35(26-18-10-4-11-19-26,27-20-12-5-13-21-27)30(31-25-16-8-3-9-17-25)29(34)24-14-6-2-7-15-24/h2-23H,1H3/q+1. The molecular weight excluding hydrogens is 562 g/mol. The number of benzene rings is 4. The normalized spacial score (nSPS) is 11.2. The van der Waals surface area contributed by atoms with Crippen molar-refractivity contribution in [2.45, 2.75) is 0 Å². The summed E-state index contributed by atoms with van der Waals surface area (Å²) in [5.41, 5.74) is 1.82. The highest BCUT2D eigenvalue weighted by Crippen LogP contribution is 2.44. The van der Waals surface area contributed by atoms with Gasteiger partial charge in [0.2, 0.25) is 9.08 Å².